The highest BCUT2D eigenvalue weighted by atomic mass is 15.3. The fourth-order valence-electron chi connectivity index (χ4n) is 3.14. The molecule has 0 aromatic heterocycles. The lowest BCUT2D eigenvalue weighted by molar-refractivity contribution is -0.929. The predicted molar refractivity (Wildman–Crippen MR) is 109 cm³/mol. The summed E-state index contributed by atoms with van der Waals surface area (Å²) in [7, 11) is 0. The maximum atomic E-state index is 2.33. The third-order valence-corrected chi connectivity index (χ3v) is 4.90. The predicted octanol–water partition coefficient (Wildman–Crippen LogP) is 7.59. The number of unbranched alkanes of at least 4 members (excludes halogenated alkanes) is 7. The van der Waals surface area contributed by atoms with Crippen LogP contribution >= 0.6 is 0 Å². The van der Waals surface area contributed by atoms with Gasteiger partial charge >= 0.3 is 0 Å². The van der Waals surface area contributed by atoms with E-state index in [0.717, 1.165) is 0 Å². The molecule has 0 N–H and O–H groups in total. The van der Waals surface area contributed by atoms with Crippen molar-refractivity contribution < 1.29 is 4.48 Å². The van der Waals surface area contributed by atoms with Gasteiger partial charge in [0, 0.05) is 0 Å². The summed E-state index contributed by atoms with van der Waals surface area (Å²) < 4.78 is 1.42. The van der Waals surface area contributed by atoms with Crippen LogP contribution in [-0.2, 0) is 0 Å². The van der Waals surface area contributed by atoms with E-state index in [2.05, 4.69) is 41.5 Å². The number of nitrogens with zero attached hydrogens (tertiary/aromatic N) is 1. The van der Waals surface area contributed by atoms with E-state index in [1.807, 2.05) is 0 Å². The van der Waals surface area contributed by atoms with Crippen molar-refractivity contribution in [2.45, 2.75) is 119 Å². The molecule has 0 amide bonds. The van der Waals surface area contributed by atoms with Gasteiger partial charge in [-0.05, 0) is 25.7 Å². The highest BCUT2D eigenvalue weighted by molar-refractivity contribution is 4.49. The second-order valence-corrected chi connectivity index (χ2v) is 7.36. The van der Waals surface area contributed by atoms with Gasteiger partial charge in [-0.1, -0.05) is 92.9 Å². The van der Waals surface area contributed by atoms with Gasteiger partial charge < -0.3 is 4.48 Å². The first-order valence-electron chi connectivity index (χ1n) is 11.0. The van der Waals surface area contributed by atoms with Crippen LogP contribution in [0.25, 0.3) is 0 Å². The van der Waals surface area contributed by atoms with Crippen LogP contribution in [0.1, 0.15) is 119 Å². The Labute approximate surface area is 149 Å². The van der Waals surface area contributed by atoms with E-state index in [4.69, 9.17) is 0 Å². The molecule has 1 heteroatoms. The molecule has 0 bridgehead atoms. The average Bonchev–Trinajstić information content (AvgIpc) is 2.59. The van der Waals surface area contributed by atoms with Gasteiger partial charge in [0.2, 0.25) is 0 Å². The maximum absolute atomic E-state index is 2.33. The zero-order valence-electron chi connectivity index (χ0n) is 17.8. The molecule has 0 rings (SSSR count). The van der Waals surface area contributed by atoms with Crippen LogP contribution in [-0.4, -0.2) is 30.7 Å². The van der Waals surface area contributed by atoms with E-state index in [0.29, 0.717) is 0 Å². The molecule has 0 unspecified atom stereocenters. The summed E-state index contributed by atoms with van der Waals surface area (Å²) in [4.78, 5) is 0. The molecular formula is C22H50N+. The molecule has 0 saturated heterocycles. The second-order valence-electron chi connectivity index (χ2n) is 7.36. The zero-order valence-corrected chi connectivity index (χ0v) is 17.8. The van der Waals surface area contributed by atoms with Gasteiger partial charge in [-0.3, -0.25) is 0 Å². The number of quaternary nitrogens is 1. The number of hydrogen-bond acceptors (Lipinski definition) is 0. The summed E-state index contributed by atoms with van der Waals surface area (Å²) in [6.45, 7) is 19.5. The van der Waals surface area contributed by atoms with Gasteiger partial charge in [0.1, 0.15) is 0 Å². The molecule has 142 valence electrons. The van der Waals surface area contributed by atoms with Crippen molar-refractivity contribution in [2.24, 2.45) is 0 Å². The quantitative estimate of drug-likeness (QED) is 0.214. The van der Waals surface area contributed by atoms with Crippen molar-refractivity contribution in [3.63, 3.8) is 0 Å². The topological polar surface area (TPSA) is 0 Å². The third-order valence-electron chi connectivity index (χ3n) is 4.90. The van der Waals surface area contributed by atoms with Gasteiger partial charge in [0.25, 0.3) is 0 Å². The van der Waals surface area contributed by atoms with Gasteiger partial charge in [0.05, 0.1) is 26.2 Å². The molecule has 0 aliphatic carbocycles. The van der Waals surface area contributed by atoms with Gasteiger partial charge in [-0.2, -0.15) is 0 Å². The summed E-state index contributed by atoms with van der Waals surface area (Å²) in [5, 5.41) is 0. The van der Waals surface area contributed by atoms with Gasteiger partial charge in [-0.25, -0.2) is 0 Å². The maximum Gasteiger partial charge on any atom is 0.0786 e. The third kappa shape index (κ3) is 16.6. The molecule has 1 nitrogen and oxygen atoms in total. The molecule has 0 fully saturated rings. The number of hydrogen-bond donors (Lipinski definition) is 0. The molecule has 23 heavy (non-hydrogen) atoms. The lowest BCUT2D eigenvalue weighted by Crippen LogP contribution is -2.50. The molecule has 0 saturated carbocycles. The van der Waals surface area contributed by atoms with Crippen molar-refractivity contribution in [3.05, 3.63) is 0 Å². The summed E-state index contributed by atoms with van der Waals surface area (Å²) in [5.74, 6) is 0. The van der Waals surface area contributed by atoms with Crippen molar-refractivity contribution in [1.82, 2.24) is 0 Å². The molecular weight excluding hydrogens is 278 g/mol. The Bertz CT molecular complexity index is 159. The molecule has 0 aromatic rings. The second kappa shape index (κ2) is 20.0. The van der Waals surface area contributed by atoms with Crippen LogP contribution < -0.4 is 0 Å². The molecule has 0 aliphatic rings. The minimum atomic E-state index is 1.35. The Morgan fingerprint density at radius 1 is 0.348 bits per heavy atom. The van der Waals surface area contributed by atoms with Crippen LogP contribution in [0.4, 0.5) is 0 Å². The Kier molecular flexibility index (Phi) is 21.9. The molecule has 0 aliphatic heterocycles. The molecule has 0 spiro atoms. The van der Waals surface area contributed by atoms with Crippen LogP contribution in [0.15, 0.2) is 0 Å². The highest BCUT2D eigenvalue weighted by Gasteiger charge is 2.24. The first-order valence-corrected chi connectivity index (χ1v) is 11.0. The largest absolute Gasteiger partial charge is 0.324 e. The monoisotopic (exact) mass is 328 g/mol. The summed E-state index contributed by atoms with van der Waals surface area (Å²) >= 11 is 0. The van der Waals surface area contributed by atoms with Crippen molar-refractivity contribution >= 4 is 0 Å². The van der Waals surface area contributed by atoms with Gasteiger partial charge in [0.15, 0.2) is 0 Å². The molecule has 0 radical (unpaired) electrons. The van der Waals surface area contributed by atoms with Crippen molar-refractivity contribution in [3.8, 4) is 0 Å². The smallest absolute Gasteiger partial charge is 0.0786 e. The van der Waals surface area contributed by atoms with E-state index in [-0.39, 0.29) is 0 Å². The van der Waals surface area contributed by atoms with E-state index >= 15 is 0 Å². The molecule has 0 atom stereocenters. The first-order chi connectivity index (χ1) is 11.2. The molecule has 0 heterocycles. The summed E-state index contributed by atoms with van der Waals surface area (Å²) in [6.07, 6.45) is 16.6. The SMILES string of the molecule is CCCCCC.CCCC[N+](CCCC)(CCCC)CCCC. The summed E-state index contributed by atoms with van der Waals surface area (Å²) in [5.41, 5.74) is 0. The fraction of sp³-hybridized carbons (Fsp3) is 1.00. The summed E-state index contributed by atoms with van der Waals surface area (Å²) in [6, 6.07) is 0. The Morgan fingerprint density at radius 3 is 0.739 bits per heavy atom. The average molecular weight is 329 g/mol. The normalized spacial score (nSPS) is 11.2. The van der Waals surface area contributed by atoms with Crippen molar-refractivity contribution in [2.75, 3.05) is 26.2 Å². The first kappa shape index (κ1) is 25.2. The van der Waals surface area contributed by atoms with Gasteiger partial charge in [-0.15, -0.1) is 0 Å². The van der Waals surface area contributed by atoms with E-state index < -0.39 is 0 Å². The Balaban J connectivity index is 0. The van der Waals surface area contributed by atoms with Crippen LogP contribution in [0.2, 0.25) is 0 Å². The highest BCUT2D eigenvalue weighted by Crippen LogP contribution is 2.16. The minimum Gasteiger partial charge on any atom is -0.324 e. The minimum absolute atomic E-state index is 1.35. The number of rotatable bonds is 15. The van der Waals surface area contributed by atoms with Crippen LogP contribution in [0.5, 0.6) is 0 Å². The Morgan fingerprint density at radius 2 is 0.565 bits per heavy atom. The van der Waals surface area contributed by atoms with Crippen LogP contribution in [0.3, 0.4) is 0 Å². The lowest BCUT2D eigenvalue weighted by atomic mass is 10.1. The van der Waals surface area contributed by atoms with E-state index in [9.17, 15) is 0 Å². The standard InChI is InChI=1S/C16H36N.C6H14/c1-5-9-13-17(14-10-6-2,15-11-7-3)16-12-8-4;1-3-5-6-4-2/h5-16H2,1-4H3;3-6H2,1-2H3/q+1;. The Hall–Kier alpha value is -0.0400. The zero-order chi connectivity index (χ0) is 17.8. The van der Waals surface area contributed by atoms with E-state index in [1.54, 1.807) is 0 Å². The lowest BCUT2D eigenvalue weighted by Gasteiger charge is -2.39. The fourth-order valence-corrected chi connectivity index (χ4v) is 3.14. The van der Waals surface area contributed by atoms with Crippen molar-refractivity contribution in [1.29, 1.82) is 0 Å². The van der Waals surface area contributed by atoms with E-state index in [1.165, 1.54) is 108 Å². The van der Waals surface area contributed by atoms with Crippen LogP contribution in [0, 0.1) is 0 Å². The molecule has 0 aromatic carbocycles.